The van der Waals surface area contributed by atoms with Crippen LogP contribution >= 0.6 is 0 Å². The number of ether oxygens (including phenoxy) is 3. The first-order chi connectivity index (χ1) is 11.3. The molecule has 2 aromatic carbocycles. The van der Waals surface area contributed by atoms with Gasteiger partial charge in [-0.15, -0.1) is 0 Å². The summed E-state index contributed by atoms with van der Waals surface area (Å²) in [7, 11) is 1.37. The van der Waals surface area contributed by atoms with E-state index in [1.807, 2.05) is 50.2 Å². The molecular formula is C19H24O4. The fourth-order valence-corrected chi connectivity index (χ4v) is 1.85. The molecule has 23 heavy (non-hydrogen) atoms. The largest absolute Gasteiger partial charge is 0.465 e. The molecule has 124 valence electrons. The molecule has 4 heteroatoms. The van der Waals surface area contributed by atoms with Crippen molar-refractivity contribution in [2.24, 2.45) is 0 Å². The lowest BCUT2D eigenvalue weighted by Gasteiger charge is -2.07. The van der Waals surface area contributed by atoms with Gasteiger partial charge in [0, 0.05) is 5.56 Å². The van der Waals surface area contributed by atoms with Crippen LogP contribution in [0.2, 0.25) is 0 Å². The number of methoxy groups -OCH3 is 1. The molecular weight excluding hydrogens is 292 g/mol. The number of hydrogen-bond donors (Lipinski definition) is 0. The van der Waals surface area contributed by atoms with E-state index in [1.54, 1.807) is 24.3 Å². The molecule has 0 unspecified atom stereocenters. The van der Waals surface area contributed by atoms with Crippen molar-refractivity contribution >= 4 is 5.97 Å². The van der Waals surface area contributed by atoms with E-state index in [4.69, 9.17) is 9.47 Å². The summed E-state index contributed by atoms with van der Waals surface area (Å²) in [5.41, 5.74) is 1.69. The summed E-state index contributed by atoms with van der Waals surface area (Å²) in [5, 5.41) is 0. The molecule has 0 aromatic heterocycles. The van der Waals surface area contributed by atoms with Crippen LogP contribution in [-0.4, -0.2) is 26.3 Å². The van der Waals surface area contributed by atoms with E-state index in [0.29, 0.717) is 18.8 Å². The molecule has 0 atom stereocenters. The van der Waals surface area contributed by atoms with E-state index >= 15 is 0 Å². The second-order valence-corrected chi connectivity index (χ2v) is 4.34. The van der Waals surface area contributed by atoms with Crippen LogP contribution < -0.4 is 0 Å². The number of carbonyl (C=O) groups is 1. The highest BCUT2D eigenvalue weighted by Crippen LogP contribution is 2.22. The maximum Gasteiger partial charge on any atom is 0.337 e. The number of esters is 1. The topological polar surface area (TPSA) is 44.8 Å². The van der Waals surface area contributed by atoms with Gasteiger partial charge in [0.1, 0.15) is 0 Å². The summed E-state index contributed by atoms with van der Waals surface area (Å²) < 4.78 is 15.1. The Hall–Kier alpha value is -2.17. The fraction of sp³-hybridized carbons (Fsp3) is 0.316. The second-order valence-electron chi connectivity index (χ2n) is 4.34. The quantitative estimate of drug-likeness (QED) is 0.778. The highest BCUT2D eigenvalue weighted by Gasteiger charge is 2.16. The Morgan fingerprint density at radius 2 is 1.39 bits per heavy atom. The van der Waals surface area contributed by atoms with Gasteiger partial charge in [-0.25, -0.2) is 4.79 Å². The number of rotatable bonds is 2. The Morgan fingerprint density at radius 1 is 0.913 bits per heavy atom. The molecule has 0 saturated carbocycles. The van der Waals surface area contributed by atoms with Gasteiger partial charge in [0.2, 0.25) is 0 Å². The summed E-state index contributed by atoms with van der Waals surface area (Å²) in [5.74, 6) is -0.291. The molecule has 2 aromatic rings. The second kappa shape index (κ2) is 11.4. The van der Waals surface area contributed by atoms with Crippen LogP contribution in [0.15, 0.2) is 60.7 Å². The van der Waals surface area contributed by atoms with E-state index < -0.39 is 0 Å². The van der Waals surface area contributed by atoms with Crippen molar-refractivity contribution in [2.75, 3.05) is 20.3 Å². The van der Waals surface area contributed by atoms with Gasteiger partial charge in [0.05, 0.1) is 25.9 Å². The van der Waals surface area contributed by atoms with Crippen LogP contribution in [0.25, 0.3) is 0 Å². The van der Waals surface area contributed by atoms with E-state index in [2.05, 4.69) is 4.74 Å². The lowest BCUT2D eigenvalue weighted by molar-refractivity contribution is -0.0441. The van der Waals surface area contributed by atoms with Crippen LogP contribution in [0, 0.1) is 0 Å². The molecule has 4 nitrogen and oxygen atoms in total. The van der Waals surface area contributed by atoms with Gasteiger partial charge in [-0.05, 0) is 12.1 Å². The summed E-state index contributed by atoms with van der Waals surface area (Å²) in [6.45, 7) is 5.42. The smallest absolute Gasteiger partial charge is 0.337 e. The first-order valence-electron chi connectivity index (χ1n) is 7.73. The molecule has 1 heterocycles. The molecule has 0 N–H and O–H groups in total. The normalized spacial score (nSPS) is 13.2. The van der Waals surface area contributed by atoms with Crippen LogP contribution in [-0.2, 0) is 14.2 Å². The lowest BCUT2D eigenvalue weighted by atomic mass is 10.2. The minimum absolute atomic E-state index is 0.129. The average Bonchev–Trinajstić information content (AvgIpc) is 3.19. The van der Waals surface area contributed by atoms with Gasteiger partial charge < -0.3 is 14.2 Å². The van der Waals surface area contributed by atoms with Crippen LogP contribution in [0.5, 0.6) is 0 Å². The number of carbonyl (C=O) groups excluding carboxylic acids is 1. The van der Waals surface area contributed by atoms with E-state index in [0.717, 1.165) is 5.56 Å². The molecule has 1 fully saturated rings. The monoisotopic (exact) mass is 316 g/mol. The van der Waals surface area contributed by atoms with E-state index in [9.17, 15) is 4.79 Å². The van der Waals surface area contributed by atoms with Crippen molar-refractivity contribution < 1.29 is 19.0 Å². The fourth-order valence-electron chi connectivity index (χ4n) is 1.85. The zero-order chi connectivity index (χ0) is 16.9. The number of hydrogen-bond acceptors (Lipinski definition) is 4. The van der Waals surface area contributed by atoms with Crippen molar-refractivity contribution in [3.05, 3.63) is 71.8 Å². The molecule has 3 rings (SSSR count). The Kier molecular flexibility index (Phi) is 9.36. The van der Waals surface area contributed by atoms with E-state index in [1.165, 1.54) is 7.11 Å². The van der Waals surface area contributed by atoms with Gasteiger partial charge in [-0.3, -0.25) is 0 Å². The van der Waals surface area contributed by atoms with Crippen molar-refractivity contribution in [1.29, 1.82) is 0 Å². The van der Waals surface area contributed by atoms with Crippen molar-refractivity contribution in [3.63, 3.8) is 0 Å². The third kappa shape index (κ3) is 6.63. The summed E-state index contributed by atoms with van der Waals surface area (Å²) in [6, 6.07) is 18.9. The molecule has 1 saturated heterocycles. The first-order valence-corrected chi connectivity index (χ1v) is 7.73. The molecule has 0 amide bonds. The molecule has 1 aliphatic rings. The average molecular weight is 316 g/mol. The van der Waals surface area contributed by atoms with Crippen molar-refractivity contribution in [2.45, 2.75) is 20.1 Å². The molecule has 0 aliphatic carbocycles. The minimum Gasteiger partial charge on any atom is -0.465 e. The predicted octanol–water partition coefficient (Wildman–Crippen LogP) is 4.23. The zero-order valence-corrected chi connectivity index (χ0v) is 13.9. The summed E-state index contributed by atoms with van der Waals surface area (Å²) in [6.07, 6.45) is -0.129. The number of benzene rings is 2. The minimum atomic E-state index is -0.291. The maximum atomic E-state index is 10.8. The van der Waals surface area contributed by atoms with Crippen LogP contribution in [0.4, 0.5) is 0 Å². The SMILES string of the molecule is CC.COC(=O)c1ccccc1.c1ccc(C2OCCO2)cc1. The molecule has 0 bridgehead atoms. The maximum absolute atomic E-state index is 10.8. The molecule has 0 spiro atoms. The standard InChI is InChI=1S/C9H10O2.C8H8O2.C2H6/c1-2-4-8(5-3-1)9-10-6-7-11-9;1-10-8(9)7-5-3-2-4-6-7;1-2/h1-5,9H,6-7H2;2-6H,1H3;1-2H3. The van der Waals surface area contributed by atoms with Gasteiger partial charge in [-0.1, -0.05) is 62.4 Å². The van der Waals surface area contributed by atoms with Gasteiger partial charge in [-0.2, -0.15) is 0 Å². The highest BCUT2D eigenvalue weighted by molar-refractivity contribution is 5.89. The van der Waals surface area contributed by atoms with Crippen molar-refractivity contribution in [1.82, 2.24) is 0 Å². The van der Waals surface area contributed by atoms with Gasteiger partial charge in [0.25, 0.3) is 0 Å². The van der Waals surface area contributed by atoms with Gasteiger partial charge in [0.15, 0.2) is 6.29 Å². The Bertz CT molecular complexity index is 534. The van der Waals surface area contributed by atoms with Crippen molar-refractivity contribution in [3.8, 4) is 0 Å². The Morgan fingerprint density at radius 3 is 1.87 bits per heavy atom. The van der Waals surface area contributed by atoms with E-state index in [-0.39, 0.29) is 12.3 Å². The molecule has 1 aliphatic heterocycles. The Labute approximate surface area is 138 Å². The van der Waals surface area contributed by atoms with Crippen LogP contribution in [0.3, 0.4) is 0 Å². The lowest BCUT2D eigenvalue weighted by Crippen LogP contribution is -1.99. The first kappa shape index (κ1) is 18.9. The van der Waals surface area contributed by atoms with Crippen LogP contribution in [0.1, 0.15) is 36.1 Å². The zero-order valence-electron chi connectivity index (χ0n) is 13.9. The summed E-state index contributed by atoms with van der Waals surface area (Å²) >= 11 is 0. The summed E-state index contributed by atoms with van der Waals surface area (Å²) in [4.78, 5) is 10.8. The predicted molar refractivity (Wildman–Crippen MR) is 90.2 cm³/mol. The molecule has 0 radical (unpaired) electrons. The third-order valence-electron chi connectivity index (χ3n) is 2.89. The highest BCUT2D eigenvalue weighted by atomic mass is 16.7. The van der Waals surface area contributed by atoms with Gasteiger partial charge >= 0.3 is 5.97 Å². The Balaban J connectivity index is 0.000000209. The third-order valence-corrected chi connectivity index (χ3v) is 2.89.